The van der Waals surface area contributed by atoms with Gasteiger partial charge in [-0.15, -0.1) is 11.3 Å². The minimum Gasteiger partial charge on any atom is -0.332 e. The molecule has 0 N–H and O–H groups in total. The Morgan fingerprint density at radius 2 is 1.60 bits per heavy atom. The van der Waals surface area contributed by atoms with Crippen LogP contribution in [0.4, 0.5) is 4.39 Å². The van der Waals surface area contributed by atoms with Crippen LogP contribution in [0.25, 0.3) is 0 Å². The molecule has 0 atom stereocenters. The zero-order chi connectivity index (χ0) is 25.2. The number of halogens is 1. The highest BCUT2D eigenvalue weighted by atomic mass is 32.1. The first-order valence-corrected chi connectivity index (χ1v) is 13.2. The topological polar surface area (TPSA) is 40.6 Å². The SMILES string of the molecule is CCCCCc1ccc(C(=O)N(CC(=O)N(Cc2ccc(F)cc2)Cc2cccs2)C(C)C)cc1. The third-order valence-electron chi connectivity index (χ3n) is 6.03. The van der Waals surface area contributed by atoms with Gasteiger partial charge in [-0.2, -0.15) is 0 Å². The molecule has 6 heteroatoms. The summed E-state index contributed by atoms with van der Waals surface area (Å²) < 4.78 is 13.4. The molecular formula is C29H35FN2O2S. The minimum atomic E-state index is -0.308. The number of amides is 2. The molecule has 1 aromatic heterocycles. The molecule has 0 aliphatic rings. The zero-order valence-electron chi connectivity index (χ0n) is 20.9. The molecule has 1 heterocycles. The van der Waals surface area contributed by atoms with Crippen molar-refractivity contribution in [1.29, 1.82) is 0 Å². The lowest BCUT2D eigenvalue weighted by atomic mass is 10.0. The maximum atomic E-state index is 13.5. The first-order chi connectivity index (χ1) is 16.9. The van der Waals surface area contributed by atoms with Crippen molar-refractivity contribution in [3.63, 3.8) is 0 Å². The molecule has 4 nitrogen and oxygen atoms in total. The predicted octanol–water partition coefficient (Wildman–Crippen LogP) is 6.70. The summed E-state index contributed by atoms with van der Waals surface area (Å²) in [7, 11) is 0. The molecule has 0 aliphatic heterocycles. The van der Waals surface area contributed by atoms with E-state index < -0.39 is 0 Å². The van der Waals surface area contributed by atoms with Crippen LogP contribution in [0.15, 0.2) is 66.0 Å². The van der Waals surface area contributed by atoms with Crippen molar-refractivity contribution < 1.29 is 14.0 Å². The molecule has 3 aromatic rings. The summed E-state index contributed by atoms with van der Waals surface area (Å²) in [6, 6.07) is 17.8. The fourth-order valence-electron chi connectivity index (χ4n) is 3.93. The fourth-order valence-corrected chi connectivity index (χ4v) is 4.65. The summed E-state index contributed by atoms with van der Waals surface area (Å²) in [5, 5.41) is 1.98. The van der Waals surface area contributed by atoms with Gasteiger partial charge in [0.2, 0.25) is 5.91 Å². The second kappa shape index (κ2) is 13.2. The number of hydrogen-bond donors (Lipinski definition) is 0. The van der Waals surface area contributed by atoms with E-state index in [1.165, 1.54) is 30.5 Å². The van der Waals surface area contributed by atoms with E-state index in [0.29, 0.717) is 18.7 Å². The van der Waals surface area contributed by atoms with Crippen molar-refractivity contribution in [2.24, 2.45) is 0 Å². The Bertz CT molecular complexity index is 1060. The third kappa shape index (κ3) is 8.03. The van der Waals surface area contributed by atoms with Crippen LogP contribution in [0.2, 0.25) is 0 Å². The quantitative estimate of drug-likeness (QED) is 0.263. The van der Waals surface area contributed by atoms with E-state index >= 15 is 0 Å². The number of carbonyl (C=O) groups excluding carboxylic acids is 2. The predicted molar refractivity (Wildman–Crippen MR) is 141 cm³/mol. The third-order valence-corrected chi connectivity index (χ3v) is 6.89. The first kappa shape index (κ1) is 26.6. The molecule has 186 valence electrons. The Kier molecular flexibility index (Phi) is 10.0. The van der Waals surface area contributed by atoms with Gasteiger partial charge in [-0.1, -0.05) is 50.1 Å². The molecule has 0 bridgehead atoms. The molecule has 35 heavy (non-hydrogen) atoms. The second-order valence-corrected chi connectivity index (χ2v) is 10.2. The number of unbranched alkanes of at least 4 members (excludes halogenated alkanes) is 2. The molecular weight excluding hydrogens is 459 g/mol. The van der Waals surface area contributed by atoms with Gasteiger partial charge in [0.05, 0.1) is 6.54 Å². The van der Waals surface area contributed by atoms with E-state index in [2.05, 4.69) is 6.92 Å². The summed E-state index contributed by atoms with van der Waals surface area (Å²) in [5.41, 5.74) is 2.66. The van der Waals surface area contributed by atoms with Gasteiger partial charge >= 0.3 is 0 Å². The zero-order valence-corrected chi connectivity index (χ0v) is 21.7. The molecule has 2 amide bonds. The summed E-state index contributed by atoms with van der Waals surface area (Å²) >= 11 is 1.58. The summed E-state index contributed by atoms with van der Waals surface area (Å²) in [5.74, 6) is -0.592. The number of thiophene rings is 1. The van der Waals surface area contributed by atoms with Crippen LogP contribution in [0.5, 0.6) is 0 Å². The van der Waals surface area contributed by atoms with E-state index in [9.17, 15) is 14.0 Å². The second-order valence-electron chi connectivity index (χ2n) is 9.14. The smallest absolute Gasteiger partial charge is 0.254 e. The Hall–Kier alpha value is -2.99. The Morgan fingerprint density at radius 3 is 2.20 bits per heavy atom. The molecule has 0 fully saturated rings. The highest BCUT2D eigenvalue weighted by Gasteiger charge is 2.25. The number of benzene rings is 2. The number of hydrogen-bond acceptors (Lipinski definition) is 3. The van der Waals surface area contributed by atoms with Crippen LogP contribution >= 0.6 is 11.3 Å². The van der Waals surface area contributed by atoms with Crippen LogP contribution in [0.3, 0.4) is 0 Å². The monoisotopic (exact) mass is 494 g/mol. The van der Waals surface area contributed by atoms with Crippen molar-refractivity contribution >= 4 is 23.2 Å². The van der Waals surface area contributed by atoms with Crippen molar-refractivity contribution in [1.82, 2.24) is 9.80 Å². The van der Waals surface area contributed by atoms with Gasteiger partial charge in [0.25, 0.3) is 5.91 Å². The van der Waals surface area contributed by atoms with Crippen molar-refractivity contribution in [2.45, 2.75) is 65.6 Å². The normalized spacial score (nSPS) is 11.0. The van der Waals surface area contributed by atoms with Gasteiger partial charge in [-0.3, -0.25) is 9.59 Å². The first-order valence-electron chi connectivity index (χ1n) is 12.3. The van der Waals surface area contributed by atoms with E-state index in [0.717, 1.165) is 23.3 Å². The van der Waals surface area contributed by atoms with Gasteiger partial charge < -0.3 is 9.80 Å². The Labute approximate surface area is 212 Å². The summed E-state index contributed by atoms with van der Waals surface area (Å²) in [6.45, 7) is 6.82. The lowest BCUT2D eigenvalue weighted by Crippen LogP contribution is -2.45. The van der Waals surface area contributed by atoms with Crippen LogP contribution in [-0.2, 0) is 24.3 Å². The molecule has 0 aliphatic carbocycles. The van der Waals surface area contributed by atoms with E-state index in [-0.39, 0.29) is 30.2 Å². The van der Waals surface area contributed by atoms with Gasteiger partial charge in [-0.05, 0) is 73.5 Å². The minimum absolute atomic E-state index is 0.0126. The van der Waals surface area contributed by atoms with E-state index in [1.54, 1.807) is 33.3 Å². The summed E-state index contributed by atoms with van der Waals surface area (Å²) in [4.78, 5) is 31.2. The van der Waals surface area contributed by atoms with Crippen LogP contribution in [0, 0.1) is 5.82 Å². The molecule has 0 saturated heterocycles. The Balaban J connectivity index is 1.73. The number of nitrogens with zero attached hydrogens (tertiary/aromatic N) is 2. The molecule has 0 radical (unpaired) electrons. The number of aryl methyl sites for hydroxylation is 1. The van der Waals surface area contributed by atoms with E-state index in [1.807, 2.05) is 55.6 Å². The molecule has 2 aromatic carbocycles. The van der Waals surface area contributed by atoms with Gasteiger partial charge in [0.15, 0.2) is 0 Å². The maximum absolute atomic E-state index is 13.5. The largest absolute Gasteiger partial charge is 0.332 e. The highest BCUT2D eigenvalue weighted by molar-refractivity contribution is 7.09. The standard InChI is InChI=1S/C29H35FN2O2S/c1-4-5-6-8-23-10-14-25(15-11-23)29(34)32(22(2)3)21-28(33)31(20-27-9-7-18-35-27)19-24-12-16-26(30)17-13-24/h7,9-18,22H,4-6,8,19-21H2,1-3H3. The average molecular weight is 495 g/mol. The molecule has 0 saturated carbocycles. The molecule has 0 spiro atoms. The maximum Gasteiger partial charge on any atom is 0.254 e. The summed E-state index contributed by atoms with van der Waals surface area (Å²) in [6.07, 6.45) is 4.53. The van der Waals surface area contributed by atoms with Gasteiger partial charge in [0, 0.05) is 23.0 Å². The number of rotatable bonds is 12. The fraction of sp³-hybridized carbons (Fsp3) is 0.379. The lowest BCUT2D eigenvalue weighted by molar-refractivity contribution is -0.133. The van der Waals surface area contributed by atoms with Gasteiger partial charge in [0.1, 0.15) is 12.4 Å². The van der Waals surface area contributed by atoms with Crippen molar-refractivity contribution in [3.05, 3.63) is 93.4 Å². The lowest BCUT2D eigenvalue weighted by Gasteiger charge is -2.30. The number of carbonyl (C=O) groups is 2. The van der Waals surface area contributed by atoms with E-state index in [4.69, 9.17) is 0 Å². The van der Waals surface area contributed by atoms with Crippen LogP contribution in [-0.4, -0.2) is 34.2 Å². The average Bonchev–Trinajstić information content (AvgIpc) is 3.36. The Morgan fingerprint density at radius 1 is 0.914 bits per heavy atom. The van der Waals surface area contributed by atoms with Crippen molar-refractivity contribution in [3.8, 4) is 0 Å². The van der Waals surface area contributed by atoms with Crippen LogP contribution in [0.1, 0.15) is 66.4 Å². The van der Waals surface area contributed by atoms with Gasteiger partial charge in [-0.25, -0.2) is 4.39 Å². The highest BCUT2D eigenvalue weighted by Crippen LogP contribution is 2.17. The molecule has 0 unspecified atom stereocenters. The van der Waals surface area contributed by atoms with Crippen molar-refractivity contribution in [2.75, 3.05) is 6.54 Å². The van der Waals surface area contributed by atoms with Crippen LogP contribution < -0.4 is 0 Å². The molecule has 3 rings (SSSR count).